The fraction of sp³-hybridized carbons (Fsp3) is 0.353. The molecule has 2 aromatic rings. The molecule has 1 N–H and O–H groups in total. The van der Waals surface area contributed by atoms with Crippen LogP contribution in [0.4, 0.5) is 10.1 Å². The summed E-state index contributed by atoms with van der Waals surface area (Å²) >= 11 is 0. The molecule has 0 atom stereocenters. The maximum absolute atomic E-state index is 12.9. The SMILES string of the molecule is CN(Cc1cccc(CNC2CC2)n1)c1ccc(F)cc1. The van der Waals surface area contributed by atoms with Crippen molar-refractivity contribution in [1.82, 2.24) is 10.3 Å². The Morgan fingerprint density at radius 1 is 1.14 bits per heavy atom. The smallest absolute Gasteiger partial charge is 0.123 e. The zero-order chi connectivity index (χ0) is 14.7. The van der Waals surface area contributed by atoms with E-state index < -0.39 is 0 Å². The van der Waals surface area contributed by atoms with Crippen molar-refractivity contribution in [2.45, 2.75) is 32.0 Å². The molecule has 3 rings (SSSR count). The Bertz CT molecular complexity index is 593. The molecule has 0 unspecified atom stereocenters. The number of pyridine rings is 1. The van der Waals surface area contributed by atoms with Gasteiger partial charge in [0.2, 0.25) is 0 Å². The molecule has 1 aliphatic carbocycles. The van der Waals surface area contributed by atoms with Crippen LogP contribution < -0.4 is 10.2 Å². The van der Waals surface area contributed by atoms with Gasteiger partial charge in [-0.05, 0) is 49.2 Å². The number of benzene rings is 1. The van der Waals surface area contributed by atoms with Gasteiger partial charge in [-0.15, -0.1) is 0 Å². The first kappa shape index (κ1) is 14.0. The van der Waals surface area contributed by atoms with Crippen molar-refractivity contribution in [2.24, 2.45) is 0 Å². The molecule has 1 aromatic heterocycles. The van der Waals surface area contributed by atoms with Crippen LogP contribution in [0.2, 0.25) is 0 Å². The first-order chi connectivity index (χ1) is 10.2. The molecule has 0 amide bonds. The second-order valence-corrected chi connectivity index (χ2v) is 5.61. The minimum Gasteiger partial charge on any atom is -0.369 e. The van der Waals surface area contributed by atoms with Gasteiger partial charge in [0.05, 0.1) is 17.9 Å². The van der Waals surface area contributed by atoms with Crippen LogP contribution in [0.3, 0.4) is 0 Å². The molecular formula is C17H20FN3. The summed E-state index contributed by atoms with van der Waals surface area (Å²) in [4.78, 5) is 6.75. The Morgan fingerprint density at radius 3 is 2.57 bits per heavy atom. The van der Waals surface area contributed by atoms with E-state index >= 15 is 0 Å². The molecule has 1 fully saturated rings. The fourth-order valence-electron chi connectivity index (χ4n) is 2.28. The van der Waals surface area contributed by atoms with E-state index in [1.54, 1.807) is 12.1 Å². The number of anilines is 1. The average molecular weight is 285 g/mol. The van der Waals surface area contributed by atoms with Crippen molar-refractivity contribution in [1.29, 1.82) is 0 Å². The molecule has 0 spiro atoms. The Labute approximate surface area is 124 Å². The first-order valence-electron chi connectivity index (χ1n) is 7.35. The third-order valence-electron chi connectivity index (χ3n) is 3.68. The summed E-state index contributed by atoms with van der Waals surface area (Å²) in [5.74, 6) is -0.210. The fourth-order valence-corrected chi connectivity index (χ4v) is 2.28. The van der Waals surface area contributed by atoms with Crippen molar-refractivity contribution < 1.29 is 4.39 Å². The molecule has 1 saturated carbocycles. The molecule has 1 aromatic carbocycles. The molecular weight excluding hydrogens is 265 g/mol. The molecule has 110 valence electrons. The van der Waals surface area contributed by atoms with Gasteiger partial charge in [0.15, 0.2) is 0 Å². The largest absolute Gasteiger partial charge is 0.369 e. The van der Waals surface area contributed by atoms with Gasteiger partial charge in [-0.25, -0.2) is 4.39 Å². The van der Waals surface area contributed by atoms with E-state index in [9.17, 15) is 4.39 Å². The van der Waals surface area contributed by atoms with Crippen molar-refractivity contribution in [3.05, 3.63) is 59.7 Å². The Morgan fingerprint density at radius 2 is 1.86 bits per heavy atom. The van der Waals surface area contributed by atoms with Crippen molar-refractivity contribution >= 4 is 5.69 Å². The lowest BCUT2D eigenvalue weighted by Gasteiger charge is -2.19. The minimum absolute atomic E-state index is 0.210. The van der Waals surface area contributed by atoms with Gasteiger partial charge in [-0.2, -0.15) is 0 Å². The van der Waals surface area contributed by atoms with Gasteiger partial charge in [0.1, 0.15) is 5.82 Å². The van der Waals surface area contributed by atoms with Crippen molar-refractivity contribution in [3.8, 4) is 0 Å². The van der Waals surface area contributed by atoms with Crippen LogP contribution >= 0.6 is 0 Å². The molecule has 21 heavy (non-hydrogen) atoms. The van der Waals surface area contributed by atoms with Crippen LogP contribution in [0.5, 0.6) is 0 Å². The zero-order valence-corrected chi connectivity index (χ0v) is 12.2. The van der Waals surface area contributed by atoms with Crippen LogP contribution in [0.25, 0.3) is 0 Å². The number of rotatable bonds is 6. The molecule has 4 heteroatoms. The number of hydrogen-bond acceptors (Lipinski definition) is 3. The van der Waals surface area contributed by atoms with E-state index in [1.165, 1.54) is 25.0 Å². The third-order valence-corrected chi connectivity index (χ3v) is 3.68. The molecule has 0 saturated heterocycles. The summed E-state index contributed by atoms with van der Waals surface area (Å²) in [6.07, 6.45) is 2.57. The van der Waals surface area contributed by atoms with Gasteiger partial charge in [0, 0.05) is 25.3 Å². The summed E-state index contributed by atoms with van der Waals surface area (Å²) in [6, 6.07) is 13.4. The summed E-state index contributed by atoms with van der Waals surface area (Å²) in [7, 11) is 1.99. The van der Waals surface area contributed by atoms with Gasteiger partial charge < -0.3 is 10.2 Å². The zero-order valence-electron chi connectivity index (χ0n) is 12.2. The number of nitrogens with one attached hydrogen (secondary N) is 1. The maximum Gasteiger partial charge on any atom is 0.123 e. The summed E-state index contributed by atoms with van der Waals surface area (Å²) in [5, 5.41) is 3.47. The summed E-state index contributed by atoms with van der Waals surface area (Å²) in [5.41, 5.74) is 3.09. The molecule has 3 nitrogen and oxygen atoms in total. The number of halogens is 1. The second kappa shape index (κ2) is 6.22. The van der Waals surface area contributed by atoms with Crippen LogP contribution in [0.1, 0.15) is 24.2 Å². The quantitative estimate of drug-likeness (QED) is 0.884. The lowest BCUT2D eigenvalue weighted by Crippen LogP contribution is -2.19. The van der Waals surface area contributed by atoms with Gasteiger partial charge >= 0.3 is 0 Å². The highest BCUT2D eigenvalue weighted by Crippen LogP contribution is 2.19. The predicted octanol–water partition coefficient (Wildman–Crippen LogP) is 3.11. The standard InChI is InChI=1S/C17H20FN3/c1-21(17-9-5-13(18)6-10-17)12-16-4-2-3-15(20-16)11-19-14-7-8-14/h2-6,9-10,14,19H,7-8,11-12H2,1H3. The normalized spacial score (nSPS) is 14.2. The lowest BCUT2D eigenvalue weighted by atomic mass is 10.2. The highest BCUT2D eigenvalue weighted by Gasteiger charge is 2.20. The van der Waals surface area contributed by atoms with Crippen molar-refractivity contribution in [3.63, 3.8) is 0 Å². The molecule has 0 bridgehead atoms. The highest BCUT2D eigenvalue weighted by atomic mass is 19.1. The third kappa shape index (κ3) is 4.02. The van der Waals surface area contributed by atoms with Gasteiger partial charge in [-0.3, -0.25) is 4.98 Å². The molecule has 0 aliphatic heterocycles. The van der Waals surface area contributed by atoms with Gasteiger partial charge in [0.25, 0.3) is 0 Å². The van der Waals surface area contributed by atoms with Crippen molar-refractivity contribution in [2.75, 3.05) is 11.9 Å². The van der Waals surface area contributed by atoms with E-state index in [-0.39, 0.29) is 5.82 Å². The predicted molar refractivity (Wildman–Crippen MR) is 82.6 cm³/mol. The van der Waals surface area contributed by atoms with E-state index in [1.807, 2.05) is 19.2 Å². The average Bonchev–Trinajstić information content (AvgIpc) is 3.30. The number of aromatic nitrogens is 1. The topological polar surface area (TPSA) is 28.2 Å². The van der Waals surface area contributed by atoms with Crippen LogP contribution in [-0.4, -0.2) is 18.1 Å². The summed E-state index contributed by atoms with van der Waals surface area (Å²) < 4.78 is 12.9. The second-order valence-electron chi connectivity index (χ2n) is 5.61. The van der Waals surface area contributed by atoms with Gasteiger partial charge in [-0.1, -0.05) is 6.07 Å². The molecule has 1 aliphatic rings. The highest BCUT2D eigenvalue weighted by molar-refractivity contribution is 5.45. The Kier molecular flexibility index (Phi) is 4.15. The van der Waals surface area contributed by atoms with E-state index in [4.69, 9.17) is 0 Å². The Hall–Kier alpha value is -1.94. The lowest BCUT2D eigenvalue weighted by molar-refractivity contribution is 0.627. The maximum atomic E-state index is 12.9. The molecule has 0 radical (unpaired) electrons. The number of hydrogen-bond donors (Lipinski definition) is 1. The van der Waals surface area contributed by atoms with E-state index in [2.05, 4.69) is 21.3 Å². The Balaban J connectivity index is 1.62. The summed E-state index contributed by atoms with van der Waals surface area (Å²) in [6.45, 7) is 1.54. The van der Waals surface area contributed by atoms with Crippen LogP contribution in [0, 0.1) is 5.82 Å². The van der Waals surface area contributed by atoms with E-state index in [0.717, 1.165) is 23.6 Å². The minimum atomic E-state index is -0.210. The number of nitrogens with zero attached hydrogens (tertiary/aromatic N) is 2. The molecule has 1 heterocycles. The van der Waals surface area contributed by atoms with E-state index in [0.29, 0.717) is 12.6 Å². The van der Waals surface area contributed by atoms with Crippen LogP contribution in [0.15, 0.2) is 42.5 Å². The monoisotopic (exact) mass is 285 g/mol. The van der Waals surface area contributed by atoms with Crippen LogP contribution in [-0.2, 0) is 13.1 Å². The first-order valence-corrected chi connectivity index (χ1v) is 7.35.